The Kier molecular flexibility index (Phi) is 4.77. The minimum atomic E-state index is -0.135. The predicted molar refractivity (Wildman–Crippen MR) is 97.7 cm³/mol. The number of benzene rings is 1. The van der Waals surface area contributed by atoms with E-state index in [0.717, 1.165) is 17.8 Å². The molecule has 1 saturated carbocycles. The normalized spacial score (nSPS) is 14.6. The topological polar surface area (TPSA) is 77.6 Å². The lowest BCUT2D eigenvalue weighted by atomic mass is 10.1. The number of hydrogen-bond acceptors (Lipinski definition) is 4. The number of nitrogens with one attached hydrogen (secondary N) is 1. The third-order valence-electron chi connectivity index (χ3n) is 4.83. The van der Waals surface area contributed by atoms with Gasteiger partial charge in [0.1, 0.15) is 12.7 Å². The molecule has 0 spiro atoms. The summed E-state index contributed by atoms with van der Waals surface area (Å²) in [4.78, 5) is 12.5. The molecule has 0 bridgehead atoms. The van der Waals surface area contributed by atoms with Crippen molar-refractivity contribution in [2.45, 2.75) is 38.8 Å². The summed E-state index contributed by atoms with van der Waals surface area (Å²) in [7, 11) is 0. The van der Waals surface area contributed by atoms with E-state index >= 15 is 0 Å². The Balaban J connectivity index is 1.39. The van der Waals surface area contributed by atoms with Gasteiger partial charge in [-0.2, -0.15) is 5.10 Å². The first-order chi connectivity index (χ1) is 12.8. The second-order valence-corrected chi connectivity index (χ2v) is 6.89. The van der Waals surface area contributed by atoms with Crippen molar-refractivity contribution >= 4 is 11.6 Å². The summed E-state index contributed by atoms with van der Waals surface area (Å²) in [6.07, 6.45) is 12.0. The lowest BCUT2D eigenvalue weighted by Crippen LogP contribution is -2.12. The molecule has 2 aromatic heterocycles. The fourth-order valence-corrected chi connectivity index (χ4v) is 3.50. The van der Waals surface area contributed by atoms with E-state index in [1.165, 1.54) is 25.7 Å². The Morgan fingerprint density at radius 1 is 1.19 bits per heavy atom. The fraction of sp³-hybridized carbons (Fsp3) is 0.368. The maximum absolute atomic E-state index is 12.5. The van der Waals surface area contributed by atoms with Gasteiger partial charge in [0, 0.05) is 18.4 Å². The van der Waals surface area contributed by atoms with Crippen molar-refractivity contribution < 1.29 is 4.79 Å². The number of carbonyl (C=O) groups excluding carboxylic acids is 1. The minimum absolute atomic E-state index is 0.135. The quantitative estimate of drug-likeness (QED) is 0.741. The molecule has 1 aliphatic rings. The minimum Gasteiger partial charge on any atom is -0.322 e. The van der Waals surface area contributed by atoms with Gasteiger partial charge in [0.15, 0.2) is 0 Å². The molecular formula is C19H22N6O. The number of carbonyl (C=O) groups is 1. The maximum atomic E-state index is 12.5. The molecule has 134 valence electrons. The molecule has 2 heterocycles. The van der Waals surface area contributed by atoms with Gasteiger partial charge in [-0.3, -0.25) is 9.48 Å². The highest BCUT2D eigenvalue weighted by Gasteiger charge is 2.17. The molecule has 1 fully saturated rings. The third-order valence-corrected chi connectivity index (χ3v) is 4.83. The maximum Gasteiger partial charge on any atom is 0.258 e. The number of nitrogens with zero attached hydrogens (tertiary/aromatic N) is 5. The first-order valence-corrected chi connectivity index (χ1v) is 9.01. The van der Waals surface area contributed by atoms with Crippen LogP contribution in [0.4, 0.5) is 5.69 Å². The van der Waals surface area contributed by atoms with E-state index < -0.39 is 0 Å². The Hall–Kier alpha value is -2.96. The van der Waals surface area contributed by atoms with E-state index in [9.17, 15) is 4.79 Å². The van der Waals surface area contributed by atoms with Crippen LogP contribution in [0.1, 0.15) is 41.6 Å². The number of rotatable bonds is 6. The zero-order valence-electron chi connectivity index (χ0n) is 14.6. The highest BCUT2D eigenvalue weighted by Crippen LogP contribution is 2.26. The molecule has 1 N–H and O–H groups in total. The van der Waals surface area contributed by atoms with Gasteiger partial charge in [-0.1, -0.05) is 25.0 Å². The van der Waals surface area contributed by atoms with E-state index in [2.05, 4.69) is 20.6 Å². The summed E-state index contributed by atoms with van der Waals surface area (Å²) in [5.74, 6) is 0.560. The van der Waals surface area contributed by atoms with Gasteiger partial charge in [-0.25, -0.2) is 0 Å². The molecule has 0 aliphatic heterocycles. The van der Waals surface area contributed by atoms with Gasteiger partial charge < -0.3 is 9.88 Å². The largest absolute Gasteiger partial charge is 0.322 e. The molecule has 0 unspecified atom stereocenters. The van der Waals surface area contributed by atoms with Gasteiger partial charge in [-0.05, 0) is 36.5 Å². The molecule has 1 aromatic carbocycles. The molecule has 0 radical (unpaired) electrons. The van der Waals surface area contributed by atoms with Crippen LogP contribution in [-0.4, -0.2) is 30.5 Å². The molecular weight excluding hydrogens is 328 g/mol. The predicted octanol–water partition coefficient (Wildman–Crippen LogP) is 2.97. The second kappa shape index (κ2) is 7.51. The van der Waals surface area contributed by atoms with Crippen LogP contribution in [0.15, 0.2) is 49.3 Å². The van der Waals surface area contributed by atoms with Crippen LogP contribution in [0.2, 0.25) is 0 Å². The summed E-state index contributed by atoms with van der Waals surface area (Å²) in [6, 6.07) is 7.78. The van der Waals surface area contributed by atoms with Crippen molar-refractivity contribution in [1.82, 2.24) is 24.5 Å². The Morgan fingerprint density at radius 2 is 2.00 bits per heavy atom. The average molecular weight is 350 g/mol. The number of amides is 1. The lowest BCUT2D eigenvalue weighted by Gasteiger charge is -2.08. The van der Waals surface area contributed by atoms with E-state index in [1.807, 2.05) is 39.7 Å². The van der Waals surface area contributed by atoms with E-state index in [4.69, 9.17) is 0 Å². The fourth-order valence-electron chi connectivity index (χ4n) is 3.50. The number of aromatic nitrogens is 5. The molecule has 7 heteroatoms. The summed E-state index contributed by atoms with van der Waals surface area (Å²) in [5.41, 5.74) is 2.43. The van der Waals surface area contributed by atoms with Crippen molar-refractivity contribution in [2.75, 3.05) is 5.32 Å². The van der Waals surface area contributed by atoms with Crippen molar-refractivity contribution in [2.24, 2.45) is 5.92 Å². The second-order valence-electron chi connectivity index (χ2n) is 6.89. The Bertz CT molecular complexity index is 864. The summed E-state index contributed by atoms with van der Waals surface area (Å²) in [5, 5.41) is 14.9. The average Bonchev–Trinajstić information content (AvgIpc) is 3.38. The number of hydrogen-bond donors (Lipinski definition) is 1. The highest BCUT2D eigenvalue weighted by molar-refractivity contribution is 6.03. The Labute approximate surface area is 152 Å². The van der Waals surface area contributed by atoms with Gasteiger partial charge in [0.05, 0.1) is 18.3 Å². The molecule has 3 aromatic rings. The summed E-state index contributed by atoms with van der Waals surface area (Å²) >= 11 is 0. The third kappa shape index (κ3) is 3.99. The molecule has 0 saturated heterocycles. The van der Waals surface area contributed by atoms with Gasteiger partial charge >= 0.3 is 0 Å². The molecule has 7 nitrogen and oxygen atoms in total. The van der Waals surface area contributed by atoms with E-state index in [0.29, 0.717) is 18.0 Å². The smallest absolute Gasteiger partial charge is 0.258 e. The highest BCUT2D eigenvalue weighted by atomic mass is 16.1. The van der Waals surface area contributed by atoms with Crippen LogP contribution in [0.3, 0.4) is 0 Å². The number of anilines is 1. The van der Waals surface area contributed by atoms with Crippen molar-refractivity contribution in [1.29, 1.82) is 0 Å². The lowest BCUT2D eigenvalue weighted by molar-refractivity contribution is 0.102. The van der Waals surface area contributed by atoms with Crippen LogP contribution < -0.4 is 5.32 Å². The molecule has 1 aliphatic carbocycles. The van der Waals surface area contributed by atoms with Crippen LogP contribution >= 0.6 is 0 Å². The van der Waals surface area contributed by atoms with Crippen LogP contribution in [0, 0.1) is 5.92 Å². The van der Waals surface area contributed by atoms with Crippen LogP contribution in [-0.2, 0) is 13.1 Å². The SMILES string of the molecule is O=C(Nc1cccc(Cn2cnnc2)c1)c1cnn(CC2CCCC2)c1. The van der Waals surface area contributed by atoms with Gasteiger partial charge in [0.25, 0.3) is 5.91 Å². The monoisotopic (exact) mass is 350 g/mol. The molecule has 4 rings (SSSR count). The Morgan fingerprint density at radius 3 is 2.81 bits per heavy atom. The summed E-state index contributed by atoms with van der Waals surface area (Å²) < 4.78 is 3.78. The zero-order valence-corrected chi connectivity index (χ0v) is 14.6. The molecule has 1 amide bonds. The van der Waals surface area contributed by atoms with Crippen molar-refractivity contribution in [3.05, 3.63) is 60.4 Å². The summed E-state index contributed by atoms with van der Waals surface area (Å²) in [6.45, 7) is 1.57. The van der Waals surface area contributed by atoms with Crippen LogP contribution in [0.5, 0.6) is 0 Å². The standard InChI is InChI=1S/C19H22N6O/c26-19(17-9-22-25(12-17)11-15-4-1-2-5-15)23-18-7-3-6-16(8-18)10-24-13-20-21-14-24/h3,6-9,12-15H,1-2,4-5,10-11H2,(H,23,26). The van der Waals surface area contributed by atoms with Crippen molar-refractivity contribution in [3.63, 3.8) is 0 Å². The van der Waals surface area contributed by atoms with Crippen molar-refractivity contribution in [3.8, 4) is 0 Å². The van der Waals surface area contributed by atoms with Crippen LogP contribution in [0.25, 0.3) is 0 Å². The van der Waals surface area contributed by atoms with E-state index in [-0.39, 0.29) is 5.91 Å². The first-order valence-electron chi connectivity index (χ1n) is 9.01. The van der Waals surface area contributed by atoms with Gasteiger partial charge in [-0.15, -0.1) is 10.2 Å². The molecule has 26 heavy (non-hydrogen) atoms. The molecule has 0 atom stereocenters. The zero-order chi connectivity index (χ0) is 17.8. The van der Waals surface area contributed by atoms with E-state index in [1.54, 1.807) is 18.9 Å². The van der Waals surface area contributed by atoms with Gasteiger partial charge in [0.2, 0.25) is 0 Å². The first kappa shape index (κ1) is 16.5.